The van der Waals surface area contributed by atoms with Gasteiger partial charge in [0, 0.05) is 0 Å². The second-order valence-electron chi connectivity index (χ2n) is 4.38. The van der Waals surface area contributed by atoms with Crippen LogP contribution >= 0.6 is 11.6 Å². The maximum Gasteiger partial charge on any atom is 0.259 e. The Hall–Kier alpha value is -1.02. The maximum atomic E-state index is 10.7. The molecular weight excluding hydrogens is 224 g/mol. The van der Waals surface area contributed by atoms with Crippen LogP contribution in [-0.2, 0) is 10.2 Å². The van der Waals surface area contributed by atoms with Crippen molar-refractivity contribution in [3.63, 3.8) is 0 Å². The number of hydrogen-bond donors (Lipinski definition) is 0. The van der Waals surface area contributed by atoms with E-state index in [0.717, 1.165) is 17.7 Å². The number of hydrogen-bond acceptors (Lipinski definition) is 2. The lowest BCUT2D eigenvalue weighted by molar-refractivity contribution is -0.113. The Morgan fingerprint density at radius 1 is 1.38 bits per heavy atom. The number of carbonyl (C=O) groups excluding carboxylic acids is 1. The van der Waals surface area contributed by atoms with Gasteiger partial charge in [0.1, 0.15) is 5.75 Å². The highest BCUT2D eigenvalue weighted by Crippen LogP contribution is 2.33. The maximum absolute atomic E-state index is 10.7. The summed E-state index contributed by atoms with van der Waals surface area (Å²) in [7, 11) is 0. The van der Waals surface area contributed by atoms with Crippen molar-refractivity contribution >= 4 is 16.8 Å². The van der Waals surface area contributed by atoms with Gasteiger partial charge in [-0.1, -0.05) is 39.0 Å². The normalized spacial score (nSPS) is 11.2. The number of ether oxygens (including phenoxy) is 1. The summed E-state index contributed by atoms with van der Waals surface area (Å²) in [4.78, 5) is 10.7. The second kappa shape index (κ2) is 5.35. The Morgan fingerprint density at radius 2 is 2.00 bits per heavy atom. The molecule has 0 amide bonds. The van der Waals surface area contributed by atoms with Gasteiger partial charge in [0.05, 0.1) is 0 Å². The zero-order chi connectivity index (χ0) is 12.2. The smallest absolute Gasteiger partial charge is 0.259 e. The molecule has 0 unspecified atom stereocenters. The standard InChI is InChI=1S/C13H17ClO2/c1-4-13(2,3)10-7-5-6-8-11(10)16-9-12(14)15/h5-8H,4,9H2,1-3H3. The number of para-hydroxylation sites is 1. The van der Waals surface area contributed by atoms with E-state index < -0.39 is 5.24 Å². The average Bonchev–Trinajstić information content (AvgIpc) is 2.26. The van der Waals surface area contributed by atoms with Crippen molar-refractivity contribution in [1.82, 2.24) is 0 Å². The van der Waals surface area contributed by atoms with Crippen molar-refractivity contribution < 1.29 is 9.53 Å². The van der Waals surface area contributed by atoms with E-state index in [-0.39, 0.29) is 12.0 Å². The van der Waals surface area contributed by atoms with Crippen molar-refractivity contribution in [2.75, 3.05) is 6.61 Å². The van der Waals surface area contributed by atoms with Crippen LogP contribution in [0.1, 0.15) is 32.8 Å². The van der Waals surface area contributed by atoms with E-state index in [1.807, 2.05) is 24.3 Å². The molecule has 0 aliphatic rings. The van der Waals surface area contributed by atoms with E-state index in [1.54, 1.807) is 0 Å². The molecule has 0 heterocycles. The first-order valence-electron chi connectivity index (χ1n) is 5.38. The quantitative estimate of drug-likeness (QED) is 0.737. The first-order valence-corrected chi connectivity index (χ1v) is 5.76. The van der Waals surface area contributed by atoms with Crippen LogP contribution in [0.5, 0.6) is 5.75 Å². The molecule has 1 rings (SSSR count). The molecule has 1 aromatic rings. The fourth-order valence-corrected chi connectivity index (χ4v) is 1.53. The Balaban J connectivity index is 2.96. The van der Waals surface area contributed by atoms with Gasteiger partial charge in [0.2, 0.25) is 0 Å². The van der Waals surface area contributed by atoms with Gasteiger partial charge < -0.3 is 4.74 Å². The zero-order valence-electron chi connectivity index (χ0n) is 9.92. The highest BCUT2D eigenvalue weighted by molar-refractivity contribution is 6.63. The molecule has 0 N–H and O–H groups in total. The first-order chi connectivity index (χ1) is 7.47. The molecule has 0 aliphatic heterocycles. The van der Waals surface area contributed by atoms with E-state index in [9.17, 15) is 4.79 Å². The van der Waals surface area contributed by atoms with Crippen molar-refractivity contribution in [3.8, 4) is 5.75 Å². The minimum absolute atomic E-state index is 0.0337. The number of carbonyl (C=O) groups is 1. The van der Waals surface area contributed by atoms with Gasteiger partial charge in [-0.2, -0.15) is 0 Å². The van der Waals surface area contributed by atoms with Gasteiger partial charge in [-0.05, 0) is 35.1 Å². The van der Waals surface area contributed by atoms with Crippen LogP contribution in [0.25, 0.3) is 0 Å². The molecule has 0 radical (unpaired) electrons. The second-order valence-corrected chi connectivity index (χ2v) is 4.80. The lowest BCUT2D eigenvalue weighted by Gasteiger charge is -2.25. The Kier molecular flexibility index (Phi) is 4.36. The molecule has 0 atom stereocenters. The highest BCUT2D eigenvalue weighted by Gasteiger charge is 2.22. The third-order valence-corrected chi connectivity index (χ3v) is 2.95. The van der Waals surface area contributed by atoms with Gasteiger partial charge in [-0.15, -0.1) is 0 Å². The van der Waals surface area contributed by atoms with E-state index in [0.29, 0.717) is 0 Å². The van der Waals surface area contributed by atoms with Gasteiger partial charge in [-0.25, -0.2) is 0 Å². The van der Waals surface area contributed by atoms with Crippen molar-refractivity contribution in [3.05, 3.63) is 29.8 Å². The summed E-state index contributed by atoms with van der Waals surface area (Å²) in [5.74, 6) is 0.739. The van der Waals surface area contributed by atoms with Crippen LogP contribution in [0.2, 0.25) is 0 Å². The van der Waals surface area contributed by atoms with Crippen LogP contribution in [0.4, 0.5) is 0 Å². The lowest BCUT2D eigenvalue weighted by Crippen LogP contribution is -2.18. The molecule has 3 heteroatoms. The molecule has 0 bridgehead atoms. The summed E-state index contributed by atoms with van der Waals surface area (Å²) < 4.78 is 5.41. The van der Waals surface area contributed by atoms with Gasteiger partial charge >= 0.3 is 0 Å². The molecule has 0 aromatic heterocycles. The zero-order valence-corrected chi connectivity index (χ0v) is 10.7. The lowest BCUT2D eigenvalue weighted by atomic mass is 9.82. The molecule has 0 aliphatic carbocycles. The van der Waals surface area contributed by atoms with Gasteiger partial charge in [-0.3, -0.25) is 4.79 Å². The number of benzene rings is 1. The fourth-order valence-electron chi connectivity index (χ4n) is 1.48. The molecule has 88 valence electrons. The summed E-state index contributed by atoms with van der Waals surface area (Å²) in [5, 5.41) is -0.482. The molecule has 0 spiro atoms. The van der Waals surface area contributed by atoms with Crippen LogP contribution in [-0.4, -0.2) is 11.8 Å². The van der Waals surface area contributed by atoms with E-state index in [2.05, 4.69) is 20.8 Å². The monoisotopic (exact) mass is 240 g/mol. The summed E-state index contributed by atoms with van der Waals surface area (Å²) in [6.07, 6.45) is 1.00. The largest absolute Gasteiger partial charge is 0.484 e. The topological polar surface area (TPSA) is 26.3 Å². The van der Waals surface area contributed by atoms with Gasteiger partial charge in [0.15, 0.2) is 6.61 Å². The predicted octanol–water partition coefficient (Wildman–Crippen LogP) is 3.52. The SMILES string of the molecule is CCC(C)(C)c1ccccc1OCC(=O)Cl. The summed E-state index contributed by atoms with van der Waals surface area (Å²) in [5.41, 5.74) is 1.14. The van der Waals surface area contributed by atoms with Crippen LogP contribution < -0.4 is 4.74 Å². The third kappa shape index (κ3) is 3.24. The van der Waals surface area contributed by atoms with E-state index >= 15 is 0 Å². The summed E-state index contributed by atoms with van der Waals surface area (Å²) in [6, 6.07) is 7.76. The van der Waals surface area contributed by atoms with E-state index in [4.69, 9.17) is 16.3 Å². The molecule has 16 heavy (non-hydrogen) atoms. The first kappa shape index (κ1) is 13.0. The Labute approximate surface area is 102 Å². The summed E-state index contributed by atoms with van der Waals surface area (Å²) in [6.45, 7) is 6.34. The Bertz CT molecular complexity index is 372. The van der Waals surface area contributed by atoms with Crippen LogP contribution in [0.3, 0.4) is 0 Å². The van der Waals surface area contributed by atoms with Crippen LogP contribution in [0, 0.1) is 0 Å². The molecule has 0 fully saturated rings. The van der Waals surface area contributed by atoms with Crippen molar-refractivity contribution in [2.45, 2.75) is 32.6 Å². The summed E-state index contributed by atoms with van der Waals surface area (Å²) >= 11 is 5.26. The van der Waals surface area contributed by atoms with Crippen LogP contribution in [0.15, 0.2) is 24.3 Å². The fraction of sp³-hybridized carbons (Fsp3) is 0.462. The minimum atomic E-state index is -0.482. The third-order valence-electron chi connectivity index (χ3n) is 2.84. The van der Waals surface area contributed by atoms with E-state index in [1.165, 1.54) is 0 Å². The minimum Gasteiger partial charge on any atom is -0.484 e. The molecule has 2 nitrogen and oxygen atoms in total. The molecule has 0 saturated carbocycles. The van der Waals surface area contributed by atoms with Crippen molar-refractivity contribution in [2.24, 2.45) is 0 Å². The average molecular weight is 241 g/mol. The molecule has 0 saturated heterocycles. The Morgan fingerprint density at radius 3 is 2.56 bits per heavy atom. The predicted molar refractivity (Wildman–Crippen MR) is 66.1 cm³/mol. The molecular formula is C13H17ClO2. The molecule has 1 aromatic carbocycles. The highest BCUT2D eigenvalue weighted by atomic mass is 35.5. The number of rotatable bonds is 5. The van der Waals surface area contributed by atoms with Crippen molar-refractivity contribution in [1.29, 1.82) is 0 Å². The van der Waals surface area contributed by atoms with Gasteiger partial charge in [0.25, 0.3) is 5.24 Å². The number of halogens is 1.